The minimum absolute atomic E-state index is 0.399. The van der Waals surface area contributed by atoms with Gasteiger partial charge in [-0.1, -0.05) is 30.9 Å². The first-order valence-corrected chi connectivity index (χ1v) is 4.00. The van der Waals surface area contributed by atoms with E-state index in [1.54, 1.807) is 6.08 Å². The summed E-state index contributed by atoms with van der Waals surface area (Å²) < 4.78 is 0. The molecule has 1 nitrogen and oxygen atoms in total. The molecule has 2 atom stereocenters. The summed E-state index contributed by atoms with van der Waals surface area (Å²) in [5, 5.41) is 0. The van der Waals surface area contributed by atoms with Gasteiger partial charge in [-0.15, -0.1) is 0 Å². The summed E-state index contributed by atoms with van der Waals surface area (Å²) in [5.74, 6) is 0.608. The second-order valence-corrected chi connectivity index (χ2v) is 2.89. The summed E-state index contributed by atoms with van der Waals surface area (Å²) in [6.07, 6.45) is 9.10. The lowest BCUT2D eigenvalue weighted by Gasteiger charge is -1.95. The molecular weight excluding hydrogens is 134 g/mol. The standard InChI is InChI=1S/C10H15N/c1-3-5-6-8(4-2)9-7-10(9)11/h3-6,9-10H,1,7,11H2,2H3/b6-5-,8-4+. The monoisotopic (exact) mass is 149 g/mol. The zero-order valence-electron chi connectivity index (χ0n) is 6.96. The van der Waals surface area contributed by atoms with Gasteiger partial charge in [0.1, 0.15) is 0 Å². The van der Waals surface area contributed by atoms with E-state index in [2.05, 4.69) is 18.7 Å². The van der Waals surface area contributed by atoms with Crippen LogP contribution in [-0.2, 0) is 0 Å². The number of nitrogens with two attached hydrogens (primary N) is 1. The summed E-state index contributed by atoms with van der Waals surface area (Å²) >= 11 is 0. The van der Waals surface area contributed by atoms with Gasteiger partial charge in [-0.2, -0.15) is 0 Å². The highest BCUT2D eigenvalue weighted by Gasteiger charge is 2.34. The molecule has 0 amide bonds. The zero-order chi connectivity index (χ0) is 8.27. The third-order valence-electron chi connectivity index (χ3n) is 2.03. The zero-order valence-corrected chi connectivity index (χ0v) is 6.96. The third-order valence-corrected chi connectivity index (χ3v) is 2.03. The van der Waals surface area contributed by atoms with E-state index >= 15 is 0 Å². The smallest absolute Gasteiger partial charge is 0.0115 e. The maximum Gasteiger partial charge on any atom is 0.0115 e. The highest BCUT2D eigenvalue weighted by Crippen LogP contribution is 2.35. The van der Waals surface area contributed by atoms with E-state index in [-0.39, 0.29) is 0 Å². The summed E-state index contributed by atoms with van der Waals surface area (Å²) in [6.45, 7) is 5.67. The van der Waals surface area contributed by atoms with Crippen LogP contribution in [0.3, 0.4) is 0 Å². The van der Waals surface area contributed by atoms with E-state index in [4.69, 9.17) is 5.73 Å². The van der Waals surface area contributed by atoms with Crippen molar-refractivity contribution in [3.8, 4) is 0 Å². The first-order valence-electron chi connectivity index (χ1n) is 4.00. The number of rotatable bonds is 3. The maximum absolute atomic E-state index is 5.71. The van der Waals surface area contributed by atoms with Crippen molar-refractivity contribution >= 4 is 0 Å². The lowest BCUT2D eigenvalue weighted by Crippen LogP contribution is -2.02. The summed E-state index contributed by atoms with van der Waals surface area (Å²) in [5.41, 5.74) is 7.06. The van der Waals surface area contributed by atoms with Gasteiger partial charge in [-0.3, -0.25) is 0 Å². The lowest BCUT2D eigenvalue weighted by atomic mass is 10.1. The molecule has 1 heteroatoms. The average molecular weight is 149 g/mol. The van der Waals surface area contributed by atoms with Crippen LogP contribution in [0.1, 0.15) is 13.3 Å². The molecule has 1 aliphatic rings. The summed E-state index contributed by atoms with van der Waals surface area (Å²) in [6, 6.07) is 0.399. The topological polar surface area (TPSA) is 26.0 Å². The second-order valence-electron chi connectivity index (χ2n) is 2.89. The van der Waals surface area contributed by atoms with Crippen molar-refractivity contribution in [1.82, 2.24) is 0 Å². The molecule has 0 radical (unpaired) electrons. The van der Waals surface area contributed by atoms with E-state index < -0.39 is 0 Å². The lowest BCUT2D eigenvalue weighted by molar-refractivity contribution is 0.939. The number of hydrogen-bond donors (Lipinski definition) is 1. The Morgan fingerprint density at radius 1 is 1.64 bits per heavy atom. The van der Waals surface area contributed by atoms with Crippen LogP contribution >= 0.6 is 0 Å². The molecule has 2 N–H and O–H groups in total. The molecule has 1 fully saturated rings. The molecular formula is C10H15N. The molecule has 0 spiro atoms. The van der Waals surface area contributed by atoms with Crippen molar-refractivity contribution in [3.05, 3.63) is 36.5 Å². The van der Waals surface area contributed by atoms with Gasteiger partial charge < -0.3 is 5.73 Å². The quantitative estimate of drug-likeness (QED) is 0.610. The Morgan fingerprint density at radius 3 is 2.64 bits per heavy atom. The van der Waals surface area contributed by atoms with E-state index in [9.17, 15) is 0 Å². The Kier molecular flexibility index (Phi) is 2.66. The predicted molar refractivity (Wildman–Crippen MR) is 49.2 cm³/mol. The first-order chi connectivity index (χ1) is 5.29. The van der Waals surface area contributed by atoms with Crippen LogP contribution in [0.25, 0.3) is 0 Å². The molecule has 1 saturated carbocycles. The predicted octanol–water partition coefficient (Wildman–Crippen LogP) is 2.02. The normalized spacial score (nSPS) is 30.9. The fourth-order valence-electron chi connectivity index (χ4n) is 1.21. The Bertz CT molecular complexity index is 201. The molecule has 0 aromatic carbocycles. The van der Waals surface area contributed by atoms with Crippen molar-refractivity contribution < 1.29 is 0 Å². The highest BCUT2D eigenvalue weighted by molar-refractivity contribution is 5.29. The molecule has 11 heavy (non-hydrogen) atoms. The molecule has 0 saturated heterocycles. The van der Waals surface area contributed by atoms with Crippen LogP contribution in [0.15, 0.2) is 36.5 Å². The maximum atomic E-state index is 5.71. The molecule has 0 aromatic heterocycles. The van der Waals surface area contributed by atoms with E-state index in [0.717, 1.165) is 6.42 Å². The molecule has 1 rings (SSSR count). The Labute approximate surface area is 68.3 Å². The van der Waals surface area contributed by atoms with Gasteiger partial charge >= 0.3 is 0 Å². The molecule has 0 aromatic rings. The van der Waals surface area contributed by atoms with E-state index in [1.165, 1.54) is 5.57 Å². The second kappa shape index (κ2) is 3.54. The fourth-order valence-corrected chi connectivity index (χ4v) is 1.21. The van der Waals surface area contributed by atoms with Crippen LogP contribution in [0, 0.1) is 5.92 Å². The van der Waals surface area contributed by atoms with E-state index in [1.807, 2.05) is 13.0 Å². The van der Waals surface area contributed by atoms with Crippen molar-refractivity contribution in [3.63, 3.8) is 0 Å². The van der Waals surface area contributed by atoms with Crippen LogP contribution in [0.4, 0.5) is 0 Å². The van der Waals surface area contributed by atoms with Gasteiger partial charge in [0.2, 0.25) is 0 Å². The van der Waals surface area contributed by atoms with Gasteiger partial charge in [0.05, 0.1) is 0 Å². The van der Waals surface area contributed by atoms with Crippen LogP contribution in [0.2, 0.25) is 0 Å². The average Bonchev–Trinajstić information content (AvgIpc) is 2.69. The minimum Gasteiger partial charge on any atom is -0.327 e. The molecule has 1 aliphatic carbocycles. The third kappa shape index (κ3) is 2.05. The molecule has 2 unspecified atom stereocenters. The first kappa shape index (κ1) is 8.28. The summed E-state index contributed by atoms with van der Waals surface area (Å²) in [7, 11) is 0. The molecule has 0 heterocycles. The molecule has 0 aliphatic heterocycles. The van der Waals surface area contributed by atoms with E-state index in [0.29, 0.717) is 12.0 Å². The largest absolute Gasteiger partial charge is 0.327 e. The highest BCUT2D eigenvalue weighted by atomic mass is 14.7. The van der Waals surface area contributed by atoms with Gasteiger partial charge in [0.15, 0.2) is 0 Å². The van der Waals surface area contributed by atoms with Gasteiger partial charge in [0.25, 0.3) is 0 Å². The van der Waals surface area contributed by atoms with Gasteiger partial charge in [0, 0.05) is 12.0 Å². The fraction of sp³-hybridized carbons (Fsp3) is 0.400. The Hall–Kier alpha value is -0.820. The van der Waals surface area contributed by atoms with Crippen molar-refractivity contribution in [2.24, 2.45) is 11.7 Å². The van der Waals surface area contributed by atoms with Crippen molar-refractivity contribution in [2.45, 2.75) is 19.4 Å². The Morgan fingerprint density at radius 2 is 2.27 bits per heavy atom. The van der Waals surface area contributed by atoms with Crippen LogP contribution < -0.4 is 5.73 Å². The van der Waals surface area contributed by atoms with Crippen molar-refractivity contribution in [2.75, 3.05) is 0 Å². The van der Waals surface area contributed by atoms with Crippen LogP contribution in [-0.4, -0.2) is 6.04 Å². The number of hydrogen-bond acceptors (Lipinski definition) is 1. The molecule has 60 valence electrons. The summed E-state index contributed by atoms with van der Waals surface area (Å²) in [4.78, 5) is 0. The Balaban J connectivity index is 2.52. The van der Waals surface area contributed by atoms with Gasteiger partial charge in [-0.25, -0.2) is 0 Å². The van der Waals surface area contributed by atoms with Crippen molar-refractivity contribution in [1.29, 1.82) is 0 Å². The number of allylic oxidation sites excluding steroid dienone is 4. The molecule has 0 bridgehead atoms. The van der Waals surface area contributed by atoms with Gasteiger partial charge in [-0.05, 0) is 18.9 Å². The van der Waals surface area contributed by atoms with Crippen LogP contribution in [0.5, 0.6) is 0 Å². The SMILES string of the molecule is C=C/C=C\C(=C/C)C1CC1N. The minimum atomic E-state index is 0.399.